The van der Waals surface area contributed by atoms with E-state index in [1.807, 2.05) is 41.5 Å². The van der Waals surface area contributed by atoms with Crippen LogP contribution >= 0.6 is 0 Å². The Morgan fingerprint density at radius 2 is 1.04 bits per heavy atom. The van der Waals surface area contributed by atoms with Crippen LogP contribution in [0.4, 0.5) is 34.4 Å². The summed E-state index contributed by atoms with van der Waals surface area (Å²) >= 11 is 0. The quantitative estimate of drug-likeness (QED) is 0.180. The van der Waals surface area contributed by atoms with Crippen LogP contribution in [0.25, 0.3) is 11.6 Å². The Hall–Kier alpha value is -6.28. The van der Waals surface area contributed by atoms with E-state index in [-0.39, 0.29) is 11.6 Å². The average molecular weight is 627 g/mol. The summed E-state index contributed by atoms with van der Waals surface area (Å²) in [6.07, 6.45) is 0. The van der Waals surface area contributed by atoms with Crippen LogP contribution in [0.5, 0.6) is 0 Å². The van der Waals surface area contributed by atoms with Gasteiger partial charge < -0.3 is 11.5 Å². The first-order valence-corrected chi connectivity index (χ1v) is 14.7. The fourth-order valence-electron chi connectivity index (χ4n) is 4.65. The molecule has 2 aromatic carbocycles. The van der Waals surface area contributed by atoms with Gasteiger partial charge in [-0.05, 0) is 43.3 Å². The standard InChI is InChI=1S/C33H34N14/c1-19-38-24(46-30(36)26(28(44-46)32(2,3)4)42-40-22-12-8-10-20(14-22)17-34)16-25(39-19)47-31(37)27(29(45-47)33(5,6)7)43-41-23-13-9-11-21(15-23)18-35/h8-16H,36-37H2,1-7H3. The van der Waals surface area contributed by atoms with Gasteiger partial charge in [0, 0.05) is 16.9 Å². The van der Waals surface area contributed by atoms with Crippen molar-refractivity contribution in [1.29, 1.82) is 10.5 Å². The summed E-state index contributed by atoms with van der Waals surface area (Å²) in [5, 5.41) is 45.8. The minimum atomic E-state index is -0.451. The van der Waals surface area contributed by atoms with Crippen molar-refractivity contribution >= 4 is 34.4 Å². The van der Waals surface area contributed by atoms with Gasteiger partial charge in [-0.3, -0.25) is 0 Å². The molecular formula is C33H34N14. The second-order valence-corrected chi connectivity index (χ2v) is 12.8. The molecule has 0 spiro atoms. The van der Waals surface area contributed by atoms with E-state index < -0.39 is 10.8 Å². The Morgan fingerprint density at radius 3 is 1.40 bits per heavy atom. The van der Waals surface area contributed by atoms with Gasteiger partial charge >= 0.3 is 0 Å². The number of aryl methyl sites for hydroxylation is 1. The highest BCUT2D eigenvalue weighted by Crippen LogP contribution is 2.39. The normalized spacial score (nSPS) is 12.1. The molecule has 0 aliphatic rings. The Balaban J connectivity index is 1.61. The van der Waals surface area contributed by atoms with E-state index in [1.54, 1.807) is 61.5 Å². The van der Waals surface area contributed by atoms with Crippen molar-refractivity contribution in [2.75, 3.05) is 11.5 Å². The first-order chi connectivity index (χ1) is 22.2. The Bertz CT molecular complexity index is 1970. The van der Waals surface area contributed by atoms with Crippen LogP contribution < -0.4 is 11.5 Å². The monoisotopic (exact) mass is 626 g/mol. The van der Waals surface area contributed by atoms with Crippen molar-refractivity contribution in [3.05, 3.63) is 82.9 Å². The molecule has 14 heteroatoms. The van der Waals surface area contributed by atoms with Crippen LogP contribution in [-0.2, 0) is 10.8 Å². The molecule has 47 heavy (non-hydrogen) atoms. The molecule has 3 heterocycles. The Kier molecular flexibility index (Phi) is 8.37. The third-order valence-corrected chi connectivity index (χ3v) is 6.94. The number of hydrogen-bond acceptors (Lipinski definition) is 12. The summed E-state index contributed by atoms with van der Waals surface area (Å²) in [5.41, 5.74) is 16.3. The molecule has 0 radical (unpaired) electrons. The van der Waals surface area contributed by atoms with Crippen molar-refractivity contribution in [1.82, 2.24) is 29.5 Å². The van der Waals surface area contributed by atoms with Gasteiger partial charge in [-0.15, -0.1) is 10.2 Å². The van der Waals surface area contributed by atoms with E-state index in [4.69, 9.17) is 21.7 Å². The van der Waals surface area contributed by atoms with Crippen molar-refractivity contribution in [2.24, 2.45) is 20.5 Å². The van der Waals surface area contributed by atoms with Crippen molar-refractivity contribution < 1.29 is 0 Å². The molecule has 0 amide bonds. The van der Waals surface area contributed by atoms with E-state index in [1.165, 1.54) is 9.36 Å². The lowest BCUT2D eigenvalue weighted by Crippen LogP contribution is -2.15. The summed E-state index contributed by atoms with van der Waals surface area (Å²) in [6.45, 7) is 13.7. The summed E-state index contributed by atoms with van der Waals surface area (Å²) < 4.78 is 2.98. The van der Waals surface area contributed by atoms with Gasteiger partial charge in [0.05, 0.1) is 46.0 Å². The first kappa shape index (κ1) is 32.1. The zero-order valence-corrected chi connectivity index (χ0v) is 27.2. The molecule has 0 bridgehead atoms. The molecule has 14 nitrogen and oxygen atoms in total. The summed E-state index contributed by atoms with van der Waals surface area (Å²) in [4.78, 5) is 9.24. The number of azo groups is 2. The maximum Gasteiger partial charge on any atom is 0.161 e. The second kappa shape index (κ2) is 12.3. The summed E-state index contributed by atoms with van der Waals surface area (Å²) in [7, 11) is 0. The lowest BCUT2D eigenvalue weighted by atomic mass is 9.91. The van der Waals surface area contributed by atoms with Gasteiger partial charge in [0.25, 0.3) is 0 Å². The number of nitrogens with zero attached hydrogens (tertiary/aromatic N) is 12. The van der Waals surface area contributed by atoms with E-state index in [9.17, 15) is 10.5 Å². The molecule has 236 valence electrons. The van der Waals surface area contributed by atoms with E-state index in [2.05, 4.69) is 42.6 Å². The number of nitrogen functional groups attached to an aromatic ring is 2. The predicted octanol–water partition coefficient (Wildman–Crippen LogP) is 7.49. The molecule has 3 aromatic heterocycles. The number of hydrogen-bond donors (Lipinski definition) is 2. The molecule has 0 fully saturated rings. The van der Waals surface area contributed by atoms with Gasteiger partial charge in [-0.25, -0.2) is 9.97 Å². The molecule has 0 unspecified atom stereocenters. The Labute approximate surface area is 272 Å². The average Bonchev–Trinajstić information content (AvgIpc) is 3.55. The van der Waals surface area contributed by atoms with Gasteiger partial charge in [0.2, 0.25) is 0 Å². The number of benzene rings is 2. The molecule has 0 atom stereocenters. The summed E-state index contributed by atoms with van der Waals surface area (Å²) in [5.74, 6) is 1.60. The van der Waals surface area contributed by atoms with E-state index in [0.29, 0.717) is 62.7 Å². The maximum absolute atomic E-state index is 9.26. The third-order valence-electron chi connectivity index (χ3n) is 6.94. The molecule has 0 aliphatic heterocycles. The molecule has 5 rings (SSSR count). The SMILES string of the molecule is Cc1nc(-n2nc(C(C)(C)C)c(N=Nc3cccc(C#N)c3)c2N)cc(-n2nc(C(C)(C)C)c(N=Nc3cccc(C#N)c3)c2N)n1. The van der Waals surface area contributed by atoms with Gasteiger partial charge in [0.15, 0.2) is 34.6 Å². The number of aromatic nitrogens is 6. The van der Waals surface area contributed by atoms with Gasteiger partial charge in [-0.2, -0.15) is 40.3 Å². The van der Waals surface area contributed by atoms with Crippen molar-refractivity contribution in [3.63, 3.8) is 0 Å². The number of anilines is 2. The minimum absolute atomic E-state index is 0.220. The minimum Gasteiger partial charge on any atom is -0.382 e. The van der Waals surface area contributed by atoms with E-state index >= 15 is 0 Å². The van der Waals surface area contributed by atoms with Crippen molar-refractivity contribution in [3.8, 4) is 23.8 Å². The number of nitrogens with two attached hydrogens (primary N) is 2. The van der Waals surface area contributed by atoms with Crippen molar-refractivity contribution in [2.45, 2.75) is 59.3 Å². The molecule has 5 aromatic rings. The van der Waals surface area contributed by atoms with E-state index in [0.717, 1.165) is 0 Å². The topological polar surface area (TPSA) is 210 Å². The van der Waals surface area contributed by atoms with Crippen LogP contribution in [0, 0.1) is 29.6 Å². The summed E-state index contributed by atoms with van der Waals surface area (Å²) in [6, 6.07) is 19.5. The zero-order chi connectivity index (χ0) is 34.1. The predicted molar refractivity (Wildman–Crippen MR) is 178 cm³/mol. The Morgan fingerprint density at radius 1 is 0.638 bits per heavy atom. The van der Waals surface area contributed by atoms with Crippen LogP contribution in [0.15, 0.2) is 75.1 Å². The van der Waals surface area contributed by atoms with Crippen LogP contribution in [0.3, 0.4) is 0 Å². The lowest BCUT2D eigenvalue weighted by molar-refractivity contribution is 0.558. The van der Waals surface area contributed by atoms with Crippen LogP contribution in [0.2, 0.25) is 0 Å². The molecule has 0 saturated carbocycles. The number of rotatable bonds is 6. The van der Waals surface area contributed by atoms with Gasteiger partial charge in [0.1, 0.15) is 5.82 Å². The highest BCUT2D eigenvalue weighted by Gasteiger charge is 2.29. The molecule has 0 saturated heterocycles. The fraction of sp³-hybridized carbons (Fsp3) is 0.273. The zero-order valence-electron chi connectivity index (χ0n) is 27.2. The largest absolute Gasteiger partial charge is 0.382 e. The lowest BCUT2D eigenvalue weighted by Gasteiger charge is -2.15. The maximum atomic E-state index is 9.26. The number of nitriles is 2. The fourth-order valence-corrected chi connectivity index (χ4v) is 4.65. The second-order valence-electron chi connectivity index (χ2n) is 12.8. The molecule has 4 N–H and O–H groups in total. The van der Waals surface area contributed by atoms with Crippen LogP contribution in [0.1, 0.15) is 69.9 Å². The highest BCUT2D eigenvalue weighted by atomic mass is 15.4. The highest BCUT2D eigenvalue weighted by molar-refractivity contribution is 5.67. The third kappa shape index (κ3) is 6.72. The molecular weight excluding hydrogens is 592 g/mol. The smallest absolute Gasteiger partial charge is 0.161 e. The first-order valence-electron chi connectivity index (χ1n) is 14.7. The van der Waals surface area contributed by atoms with Gasteiger partial charge in [-0.1, -0.05) is 53.7 Å². The van der Waals surface area contributed by atoms with Crippen LogP contribution in [-0.4, -0.2) is 29.5 Å². The molecule has 0 aliphatic carbocycles.